The molecule has 3 heteroatoms. The van der Waals surface area contributed by atoms with Crippen LogP contribution in [0.25, 0.3) is 21.5 Å². The summed E-state index contributed by atoms with van der Waals surface area (Å²) in [6.45, 7) is 0. The van der Waals surface area contributed by atoms with Gasteiger partial charge >= 0.3 is 0 Å². The average Bonchev–Trinajstić information content (AvgIpc) is 2.76. The maximum Gasteiger partial charge on any atom is 0.120 e. The Morgan fingerprint density at radius 1 is 0.533 bits per heavy atom. The Kier molecular flexibility index (Phi) is 4.57. The molecule has 0 atom stereocenters. The minimum Gasteiger partial charge on any atom is -0.508 e. The Balaban J connectivity index is 1.80. The third kappa shape index (κ3) is 3.26. The first kappa shape index (κ1) is 18.5. The number of rotatable bonds is 3. The summed E-state index contributed by atoms with van der Waals surface area (Å²) in [6.07, 6.45) is 0. The van der Waals surface area contributed by atoms with E-state index in [1.54, 1.807) is 12.1 Å². The van der Waals surface area contributed by atoms with E-state index in [1.165, 1.54) is 0 Å². The van der Waals surface area contributed by atoms with Crippen molar-refractivity contribution >= 4 is 33.1 Å². The summed E-state index contributed by atoms with van der Waals surface area (Å²) >= 11 is 6.13. The molecule has 5 aromatic rings. The highest BCUT2D eigenvalue weighted by molar-refractivity contribution is 6.30. The second kappa shape index (κ2) is 7.40. The summed E-state index contributed by atoms with van der Waals surface area (Å²) in [5.41, 5.74) is 2.42. The van der Waals surface area contributed by atoms with Gasteiger partial charge in [0.15, 0.2) is 0 Å². The van der Waals surface area contributed by atoms with Crippen molar-refractivity contribution in [2.45, 2.75) is 5.92 Å². The minimum absolute atomic E-state index is 0.196. The van der Waals surface area contributed by atoms with Crippen LogP contribution in [0.3, 0.4) is 0 Å². The Hall–Kier alpha value is -3.49. The monoisotopic (exact) mass is 410 g/mol. The summed E-state index contributed by atoms with van der Waals surface area (Å²) in [5, 5.41) is 26.5. The number of aromatic hydroxyl groups is 2. The second-order valence-electron chi connectivity index (χ2n) is 7.50. The van der Waals surface area contributed by atoms with Crippen LogP contribution in [0, 0.1) is 0 Å². The zero-order chi connectivity index (χ0) is 20.7. The number of phenolic OH excluding ortho intramolecular Hbond substituents is 2. The number of benzene rings is 5. The largest absolute Gasteiger partial charge is 0.508 e. The molecule has 5 aromatic carbocycles. The lowest BCUT2D eigenvalue weighted by atomic mass is 9.82. The smallest absolute Gasteiger partial charge is 0.120 e. The van der Waals surface area contributed by atoms with Crippen molar-refractivity contribution < 1.29 is 10.2 Å². The molecule has 0 radical (unpaired) electrons. The molecule has 0 saturated carbocycles. The fraction of sp³-hybridized carbons (Fsp3) is 0.0370. The van der Waals surface area contributed by atoms with Crippen LogP contribution >= 0.6 is 11.6 Å². The van der Waals surface area contributed by atoms with Gasteiger partial charge in [-0.15, -0.1) is 0 Å². The quantitative estimate of drug-likeness (QED) is 0.308. The molecule has 0 aliphatic rings. The van der Waals surface area contributed by atoms with E-state index in [1.807, 2.05) is 84.9 Å². The Bertz CT molecular complexity index is 1290. The van der Waals surface area contributed by atoms with Gasteiger partial charge in [-0.3, -0.25) is 0 Å². The summed E-state index contributed by atoms with van der Waals surface area (Å²) < 4.78 is 0. The lowest BCUT2D eigenvalue weighted by Gasteiger charge is -2.22. The van der Waals surface area contributed by atoms with Gasteiger partial charge in [0.2, 0.25) is 0 Å². The molecule has 5 rings (SSSR count). The lowest BCUT2D eigenvalue weighted by molar-refractivity contribution is 0.460. The minimum atomic E-state index is -0.350. The predicted molar refractivity (Wildman–Crippen MR) is 124 cm³/mol. The van der Waals surface area contributed by atoms with Crippen LogP contribution in [-0.4, -0.2) is 10.2 Å². The maximum atomic E-state index is 11.0. The van der Waals surface area contributed by atoms with Gasteiger partial charge in [-0.05, 0) is 63.5 Å². The van der Waals surface area contributed by atoms with E-state index in [4.69, 9.17) is 11.6 Å². The van der Waals surface area contributed by atoms with E-state index >= 15 is 0 Å². The molecular weight excluding hydrogens is 392 g/mol. The molecule has 0 aliphatic heterocycles. The number of fused-ring (bicyclic) bond motifs is 2. The van der Waals surface area contributed by atoms with Crippen LogP contribution in [0.5, 0.6) is 11.5 Å². The molecule has 0 saturated heterocycles. The van der Waals surface area contributed by atoms with Crippen LogP contribution in [-0.2, 0) is 0 Å². The van der Waals surface area contributed by atoms with Crippen molar-refractivity contribution in [3.05, 3.63) is 119 Å². The highest BCUT2D eigenvalue weighted by Gasteiger charge is 2.24. The van der Waals surface area contributed by atoms with Crippen molar-refractivity contribution in [1.29, 1.82) is 0 Å². The maximum absolute atomic E-state index is 11.0. The van der Waals surface area contributed by atoms with Crippen molar-refractivity contribution in [3.63, 3.8) is 0 Å². The number of hydrogen-bond donors (Lipinski definition) is 2. The number of phenols is 2. The molecule has 0 bridgehead atoms. The molecule has 0 aromatic heterocycles. The molecule has 2 N–H and O–H groups in total. The van der Waals surface area contributed by atoms with E-state index in [2.05, 4.69) is 0 Å². The fourth-order valence-corrected chi connectivity index (χ4v) is 4.26. The van der Waals surface area contributed by atoms with E-state index in [0.29, 0.717) is 5.02 Å². The second-order valence-corrected chi connectivity index (χ2v) is 7.94. The first-order valence-electron chi connectivity index (χ1n) is 9.79. The summed E-state index contributed by atoms with van der Waals surface area (Å²) in [4.78, 5) is 0. The van der Waals surface area contributed by atoms with E-state index in [0.717, 1.165) is 38.2 Å². The molecule has 30 heavy (non-hydrogen) atoms. The highest BCUT2D eigenvalue weighted by Crippen LogP contribution is 2.43. The van der Waals surface area contributed by atoms with Crippen molar-refractivity contribution in [2.24, 2.45) is 0 Å². The average molecular weight is 411 g/mol. The lowest BCUT2D eigenvalue weighted by Crippen LogP contribution is -2.05. The van der Waals surface area contributed by atoms with Gasteiger partial charge in [0.1, 0.15) is 11.5 Å². The van der Waals surface area contributed by atoms with Gasteiger partial charge in [0.25, 0.3) is 0 Å². The van der Waals surface area contributed by atoms with Gasteiger partial charge in [-0.2, -0.15) is 0 Å². The first-order chi connectivity index (χ1) is 14.6. The van der Waals surface area contributed by atoms with Gasteiger partial charge in [0, 0.05) is 22.1 Å². The molecular formula is C27H19ClO2. The topological polar surface area (TPSA) is 40.5 Å². The standard InChI is InChI=1S/C27H19ClO2/c28-22-11-9-17(10-12-22)27(23-13-18-5-1-3-7-20(18)15-25(23)29)24-14-19-6-2-4-8-21(19)16-26(24)30/h1-16,27,29-30H. The number of hydrogen-bond acceptors (Lipinski definition) is 2. The van der Waals surface area contributed by atoms with Crippen LogP contribution in [0.1, 0.15) is 22.6 Å². The molecule has 0 aliphatic carbocycles. The van der Waals surface area contributed by atoms with Gasteiger partial charge in [-0.1, -0.05) is 72.3 Å². The highest BCUT2D eigenvalue weighted by atomic mass is 35.5. The van der Waals surface area contributed by atoms with Crippen LogP contribution in [0.2, 0.25) is 5.02 Å². The van der Waals surface area contributed by atoms with Crippen molar-refractivity contribution in [2.75, 3.05) is 0 Å². The van der Waals surface area contributed by atoms with E-state index in [-0.39, 0.29) is 17.4 Å². The van der Waals surface area contributed by atoms with E-state index in [9.17, 15) is 10.2 Å². The predicted octanol–water partition coefficient (Wildman–Crippen LogP) is 7.24. The summed E-state index contributed by atoms with van der Waals surface area (Å²) in [6, 6.07) is 31.0. The Morgan fingerprint density at radius 3 is 1.37 bits per heavy atom. The SMILES string of the molecule is Oc1cc2ccccc2cc1C(c1ccc(Cl)cc1)c1cc2ccccc2cc1O. The molecule has 0 heterocycles. The van der Waals surface area contributed by atoms with Crippen molar-refractivity contribution in [1.82, 2.24) is 0 Å². The van der Waals surface area contributed by atoms with Crippen molar-refractivity contribution in [3.8, 4) is 11.5 Å². The van der Waals surface area contributed by atoms with Crippen LogP contribution < -0.4 is 0 Å². The fourth-order valence-electron chi connectivity index (χ4n) is 4.14. The first-order valence-corrected chi connectivity index (χ1v) is 10.2. The summed E-state index contributed by atoms with van der Waals surface area (Å²) in [7, 11) is 0. The molecule has 0 unspecified atom stereocenters. The molecule has 0 fully saturated rings. The number of halogens is 1. The molecule has 2 nitrogen and oxygen atoms in total. The third-order valence-corrected chi connectivity index (χ3v) is 5.87. The zero-order valence-electron chi connectivity index (χ0n) is 16.1. The van der Waals surface area contributed by atoms with Gasteiger partial charge in [-0.25, -0.2) is 0 Å². The van der Waals surface area contributed by atoms with Crippen LogP contribution in [0.4, 0.5) is 0 Å². The van der Waals surface area contributed by atoms with E-state index < -0.39 is 0 Å². The normalized spacial score (nSPS) is 11.4. The molecule has 146 valence electrons. The third-order valence-electron chi connectivity index (χ3n) is 5.62. The summed E-state index contributed by atoms with van der Waals surface area (Å²) in [5.74, 6) is 0.0406. The van der Waals surface area contributed by atoms with Gasteiger partial charge < -0.3 is 10.2 Å². The molecule has 0 spiro atoms. The van der Waals surface area contributed by atoms with Crippen LogP contribution in [0.15, 0.2) is 97.1 Å². The Morgan fingerprint density at radius 2 is 0.933 bits per heavy atom. The zero-order valence-corrected chi connectivity index (χ0v) is 16.8. The Labute approximate surface area is 179 Å². The van der Waals surface area contributed by atoms with Gasteiger partial charge in [0.05, 0.1) is 0 Å². The molecule has 0 amide bonds.